The fourth-order valence-corrected chi connectivity index (χ4v) is 3.76. The van der Waals surface area contributed by atoms with Crippen LogP contribution in [0, 0.1) is 4.77 Å². The third-order valence-corrected chi connectivity index (χ3v) is 4.96. The summed E-state index contributed by atoms with van der Waals surface area (Å²) in [5, 5.41) is 2.60. The van der Waals surface area contributed by atoms with E-state index in [4.69, 9.17) is 12.2 Å². The first-order valence-corrected chi connectivity index (χ1v) is 8.30. The molecule has 2 aromatic heterocycles. The quantitative estimate of drug-likeness (QED) is 0.521. The fourth-order valence-electron chi connectivity index (χ4n) is 3.45. The van der Waals surface area contributed by atoms with Gasteiger partial charge in [-0.3, -0.25) is 9.55 Å². The van der Waals surface area contributed by atoms with Crippen molar-refractivity contribution in [1.29, 1.82) is 0 Å². The Balaban J connectivity index is 1.88. The number of nitrogens with zero attached hydrogens (tertiary/aromatic N) is 2. The van der Waals surface area contributed by atoms with Crippen LogP contribution in [0.1, 0.15) is 24.3 Å². The van der Waals surface area contributed by atoms with Crippen LogP contribution in [-0.2, 0) is 0 Å². The van der Waals surface area contributed by atoms with Crippen LogP contribution in [0.25, 0.3) is 27.5 Å². The number of rotatable bonds is 2. The van der Waals surface area contributed by atoms with E-state index in [1.54, 1.807) is 0 Å². The summed E-state index contributed by atoms with van der Waals surface area (Å²) < 4.78 is 2.82. The highest BCUT2D eigenvalue weighted by Crippen LogP contribution is 2.44. The second-order valence-corrected chi connectivity index (χ2v) is 6.54. The second kappa shape index (κ2) is 4.77. The van der Waals surface area contributed by atoms with Crippen LogP contribution >= 0.6 is 12.2 Å². The zero-order valence-corrected chi connectivity index (χ0v) is 13.3. The van der Waals surface area contributed by atoms with E-state index in [2.05, 4.69) is 50.9 Å². The predicted octanol–water partition coefficient (Wildman–Crippen LogP) is 5.11. The molecule has 112 valence electrons. The minimum atomic E-state index is 0.706. The van der Waals surface area contributed by atoms with E-state index in [0.29, 0.717) is 4.77 Å². The van der Waals surface area contributed by atoms with Crippen molar-refractivity contribution < 1.29 is 0 Å². The Morgan fingerprint density at radius 1 is 1.04 bits per heavy atom. The minimum Gasteiger partial charge on any atom is -0.329 e. The smallest absolute Gasteiger partial charge is 0.182 e. The number of nitrogens with one attached hydrogen (secondary N) is 1. The number of imidazole rings is 1. The summed E-state index contributed by atoms with van der Waals surface area (Å²) in [5.41, 5.74) is 4.63. The normalized spacial score (nSPS) is 14.6. The molecule has 0 aliphatic heterocycles. The first-order chi connectivity index (χ1) is 11.3. The standard InChI is InChI=1S/C19H15N3S/c23-19-21-16-11-20-10-9-18(16)22(19)17-8-7-13(12-5-6-12)14-3-1-2-4-15(14)17/h1-4,7-12H,5-6H2,(H,21,23). The first kappa shape index (κ1) is 13.0. The highest BCUT2D eigenvalue weighted by molar-refractivity contribution is 7.71. The number of fused-ring (bicyclic) bond motifs is 2. The molecule has 4 heteroatoms. The molecule has 1 N–H and O–H groups in total. The van der Waals surface area contributed by atoms with Gasteiger partial charge in [0.2, 0.25) is 0 Å². The van der Waals surface area contributed by atoms with Crippen LogP contribution in [0.15, 0.2) is 54.9 Å². The van der Waals surface area contributed by atoms with Gasteiger partial charge < -0.3 is 4.98 Å². The fraction of sp³-hybridized carbons (Fsp3) is 0.158. The van der Waals surface area contributed by atoms with E-state index in [0.717, 1.165) is 22.6 Å². The molecule has 1 aliphatic rings. The number of aromatic amines is 1. The molecule has 0 saturated heterocycles. The maximum Gasteiger partial charge on any atom is 0.182 e. The monoisotopic (exact) mass is 317 g/mol. The molecule has 4 aromatic rings. The molecule has 1 saturated carbocycles. The van der Waals surface area contributed by atoms with Gasteiger partial charge in [-0.05, 0) is 54.1 Å². The van der Waals surface area contributed by atoms with Crippen molar-refractivity contribution in [1.82, 2.24) is 14.5 Å². The molecular weight excluding hydrogens is 302 g/mol. The van der Waals surface area contributed by atoms with Gasteiger partial charge in [-0.2, -0.15) is 0 Å². The third kappa shape index (κ3) is 1.95. The molecule has 0 unspecified atom stereocenters. The van der Waals surface area contributed by atoms with Crippen molar-refractivity contribution in [2.45, 2.75) is 18.8 Å². The summed E-state index contributed by atoms with van der Waals surface area (Å²) in [5.74, 6) is 0.731. The molecule has 0 atom stereocenters. The van der Waals surface area contributed by atoms with Crippen molar-refractivity contribution in [2.75, 3.05) is 0 Å². The van der Waals surface area contributed by atoms with Crippen LogP contribution in [-0.4, -0.2) is 14.5 Å². The topological polar surface area (TPSA) is 33.6 Å². The molecule has 2 aromatic carbocycles. The zero-order valence-electron chi connectivity index (χ0n) is 12.5. The number of benzene rings is 2. The molecule has 0 amide bonds. The molecule has 5 rings (SSSR count). The number of H-pyrrole nitrogens is 1. The largest absolute Gasteiger partial charge is 0.329 e. The summed E-state index contributed by atoms with van der Waals surface area (Å²) >= 11 is 5.57. The van der Waals surface area contributed by atoms with Gasteiger partial charge in [-0.1, -0.05) is 30.3 Å². The Hall–Kier alpha value is -2.46. The lowest BCUT2D eigenvalue weighted by atomic mass is 9.99. The van der Waals surface area contributed by atoms with Crippen LogP contribution in [0.4, 0.5) is 0 Å². The maximum atomic E-state index is 5.57. The third-order valence-electron chi connectivity index (χ3n) is 4.68. The van der Waals surface area contributed by atoms with E-state index in [-0.39, 0.29) is 0 Å². The SMILES string of the molecule is S=c1[nH]c2cnccc2n1-c1ccc(C2CC2)c2ccccc12. The Morgan fingerprint density at radius 2 is 1.87 bits per heavy atom. The van der Waals surface area contributed by atoms with Gasteiger partial charge in [0.05, 0.1) is 22.9 Å². The lowest BCUT2D eigenvalue weighted by molar-refractivity contribution is 1.07. The van der Waals surface area contributed by atoms with Crippen molar-refractivity contribution in [3.63, 3.8) is 0 Å². The number of hydrogen-bond donors (Lipinski definition) is 1. The number of pyridine rings is 1. The second-order valence-electron chi connectivity index (χ2n) is 6.15. The molecule has 0 radical (unpaired) electrons. The van der Waals surface area contributed by atoms with Crippen molar-refractivity contribution >= 4 is 34.0 Å². The minimum absolute atomic E-state index is 0.706. The van der Waals surface area contributed by atoms with Gasteiger partial charge in [0.1, 0.15) is 0 Å². The molecular formula is C19H15N3S. The summed E-state index contributed by atoms with van der Waals surface area (Å²) in [4.78, 5) is 7.43. The molecule has 2 heterocycles. The zero-order chi connectivity index (χ0) is 15.4. The van der Waals surface area contributed by atoms with Gasteiger partial charge in [0.15, 0.2) is 4.77 Å². The number of aromatic nitrogens is 3. The van der Waals surface area contributed by atoms with Gasteiger partial charge in [-0.15, -0.1) is 0 Å². The average Bonchev–Trinajstić information content (AvgIpc) is 3.36. The summed E-state index contributed by atoms with van der Waals surface area (Å²) in [6.07, 6.45) is 6.24. The van der Waals surface area contributed by atoms with Crippen LogP contribution in [0.5, 0.6) is 0 Å². The van der Waals surface area contributed by atoms with Gasteiger partial charge in [-0.25, -0.2) is 0 Å². The average molecular weight is 317 g/mol. The summed E-state index contributed by atoms with van der Waals surface area (Å²) in [6, 6.07) is 15.1. The van der Waals surface area contributed by atoms with Crippen molar-refractivity contribution in [3.8, 4) is 5.69 Å². The predicted molar refractivity (Wildman–Crippen MR) is 95.7 cm³/mol. The number of hydrogen-bond acceptors (Lipinski definition) is 2. The molecule has 1 fully saturated rings. The van der Waals surface area contributed by atoms with Crippen LogP contribution in [0.2, 0.25) is 0 Å². The van der Waals surface area contributed by atoms with E-state index in [1.165, 1.54) is 29.2 Å². The molecule has 0 bridgehead atoms. The Morgan fingerprint density at radius 3 is 2.70 bits per heavy atom. The first-order valence-electron chi connectivity index (χ1n) is 7.90. The lowest BCUT2D eigenvalue weighted by Gasteiger charge is -2.12. The van der Waals surface area contributed by atoms with Gasteiger partial charge in [0.25, 0.3) is 0 Å². The summed E-state index contributed by atoms with van der Waals surface area (Å²) in [7, 11) is 0. The maximum absolute atomic E-state index is 5.57. The summed E-state index contributed by atoms with van der Waals surface area (Å²) in [6.45, 7) is 0. The van der Waals surface area contributed by atoms with E-state index in [1.807, 2.05) is 18.5 Å². The van der Waals surface area contributed by atoms with Crippen molar-refractivity contribution in [3.05, 3.63) is 65.2 Å². The Labute approximate surface area is 138 Å². The molecule has 3 nitrogen and oxygen atoms in total. The van der Waals surface area contributed by atoms with Gasteiger partial charge >= 0.3 is 0 Å². The molecule has 1 aliphatic carbocycles. The van der Waals surface area contributed by atoms with Crippen LogP contribution in [0.3, 0.4) is 0 Å². The Kier molecular flexibility index (Phi) is 2.70. The molecule has 0 spiro atoms. The van der Waals surface area contributed by atoms with E-state index < -0.39 is 0 Å². The van der Waals surface area contributed by atoms with Crippen LogP contribution < -0.4 is 0 Å². The Bertz CT molecular complexity index is 1100. The van der Waals surface area contributed by atoms with E-state index in [9.17, 15) is 0 Å². The van der Waals surface area contributed by atoms with E-state index >= 15 is 0 Å². The highest BCUT2D eigenvalue weighted by atomic mass is 32.1. The highest BCUT2D eigenvalue weighted by Gasteiger charge is 2.25. The lowest BCUT2D eigenvalue weighted by Crippen LogP contribution is -1.97. The van der Waals surface area contributed by atoms with Gasteiger partial charge in [0, 0.05) is 11.6 Å². The molecule has 23 heavy (non-hydrogen) atoms. The van der Waals surface area contributed by atoms with Crippen molar-refractivity contribution in [2.24, 2.45) is 0 Å².